The van der Waals surface area contributed by atoms with Gasteiger partial charge >= 0.3 is 0 Å². The molecule has 0 spiro atoms. The lowest BCUT2D eigenvalue weighted by Gasteiger charge is -2.14. The highest BCUT2D eigenvalue weighted by Crippen LogP contribution is 2.35. The first-order valence-corrected chi connectivity index (χ1v) is 12.5. The predicted molar refractivity (Wildman–Crippen MR) is 143 cm³/mol. The van der Waals surface area contributed by atoms with E-state index in [4.69, 9.17) is 25.8 Å². The van der Waals surface area contributed by atoms with E-state index in [2.05, 4.69) is 0 Å². The van der Waals surface area contributed by atoms with Crippen molar-refractivity contribution in [1.29, 1.82) is 0 Å². The zero-order valence-electron chi connectivity index (χ0n) is 20.2. The zero-order chi connectivity index (χ0) is 25.7. The molecular formula is C28H26ClNO5S. The fourth-order valence-corrected chi connectivity index (χ4v) is 4.68. The van der Waals surface area contributed by atoms with E-state index >= 15 is 0 Å². The van der Waals surface area contributed by atoms with Gasteiger partial charge in [-0.15, -0.1) is 0 Å². The van der Waals surface area contributed by atoms with Crippen molar-refractivity contribution in [3.05, 3.63) is 92.8 Å². The van der Waals surface area contributed by atoms with Crippen LogP contribution in [0.15, 0.2) is 65.6 Å². The summed E-state index contributed by atoms with van der Waals surface area (Å²) in [6.07, 6.45) is 1.68. The first kappa shape index (κ1) is 25.7. The quantitative estimate of drug-likeness (QED) is 0.292. The molecule has 2 amide bonds. The summed E-state index contributed by atoms with van der Waals surface area (Å²) in [7, 11) is 1.56. The number of ether oxygens (including phenoxy) is 3. The van der Waals surface area contributed by atoms with Crippen LogP contribution in [0.3, 0.4) is 0 Å². The van der Waals surface area contributed by atoms with Crippen LogP contribution in [0, 0.1) is 13.8 Å². The normalized spacial score (nSPS) is 14.4. The maximum Gasteiger partial charge on any atom is 0.293 e. The molecule has 36 heavy (non-hydrogen) atoms. The smallest absolute Gasteiger partial charge is 0.293 e. The molecule has 1 saturated heterocycles. The van der Waals surface area contributed by atoms with Crippen LogP contribution in [-0.4, -0.2) is 36.3 Å². The van der Waals surface area contributed by atoms with Crippen molar-refractivity contribution >= 4 is 40.6 Å². The molecule has 0 atom stereocenters. The number of aryl methyl sites for hydroxylation is 2. The van der Waals surface area contributed by atoms with Gasteiger partial charge in [0.05, 0.1) is 18.6 Å². The molecule has 3 aromatic carbocycles. The van der Waals surface area contributed by atoms with E-state index in [0.717, 1.165) is 34.2 Å². The van der Waals surface area contributed by atoms with Gasteiger partial charge in [0.2, 0.25) is 0 Å². The van der Waals surface area contributed by atoms with Crippen molar-refractivity contribution in [3.8, 4) is 17.2 Å². The number of imide groups is 1. The van der Waals surface area contributed by atoms with Crippen LogP contribution in [0.25, 0.3) is 6.08 Å². The Hall–Kier alpha value is -3.42. The van der Waals surface area contributed by atoms with E-state index in [-0.39, 0.29) is 30.9 Å². The molecule has 8 heteroatoms. The Labute approximate surface area is 219 Å². The first-order chi connectivity index (χ1) is 17.4. The lowest BCUT2D eigenvalue weighted by atomic mass is 10.1. The summed E-state index contributed by atoms with van der Waals surface area (Å²) in [6, 6.07) is 18.7. The molecule has 0 aliphatic carbocycles. The highest BCUT2D eigenvalue weighted by molar-refractivity contribution is 8.18. The largest absolute Gasteiger partial charge is 0.493 e. The third kappa shape index (κ3) is 6.04. The van der Waals surface area contributed by atoms with Crippen molar-refractivity contribution < 1.29 is 23.8 Å². The molecule has 1 aliphatic rings. The molecule has 0 saturated carbocycles. The van der Waals surface area contributed by atoms with E-state index < -0.39 is 0 Å². The Bertz CT molecular complexity index is 1320. The number of amides is 2. The second kappa shape index (κ2) is 11.5. The van der Waals surface area contributed by atoms with Crippen LogP contribution in [0.5, 0.6) is 17.2 Å². The molecule has 4 rings (SSSR count). The fourth-order valence-electron chi connectivity index (χ4n) is 3.62. The number of hydrogen-bond acceptors (Lipinski definition) is 6. The molecule has 0 unspecified atom stereocenters. The van der Waals surface area contributed by atoms with Gasteiger partial charge in [0.25, 0.3) is 11.1 Å². The van der Waals surface area contributed by atoms with Gasteiger partial charge in [-0.1, -0.05) is 48.0 Å². The van der Waals surface area contributed by atoms with Gasteiger partial charge in [0, 0.05) is 10.6 Å². The number of nitrogens with zero attached hydrogens (tertiary/aromatic N) is 1. The van der Waals surface area contributed by atoms with E-state index in [1.165, 1.54) is 4.90 Å². The Morgan fingerprint density at radius 2 is 1.75 bits per heavy atom. The van der Waals surface area contributed by atoms with Gasteiger partial charge < -0.3 is 14.2 Å². The lowest BCUT2D eigenvalue weighted by molar-refractivity contribution is -0.123. The molecule has 186 valence electrons. The second-order valence-electron chi connectivity index (χ2n) is 8.24. The Kier molecular flexibility index (Phi) is 8.23. The van der Waals surface area contributed by atoms with Gasteiger partial charge in [-0.3, -0.25) is 14.5 Å². The number of thioether (sulfide) groups is 1. The number of rotatable bonds is 9. The summed E-state index contributed by atoms with van der Waals surface area (Å²) in [5.74, 6) is 1.47. The van der Waals surface area contributed by atoms with Gasteiger partial charge in [0.15, 0.2) is 11.5 Å². The maximum atomic E-state index is 12.9. The van der Waals surface area contributed by atoms with E-state index in [0.29, 0.717) is 27.0 Å². The fraction of sp³-hybridized carbons (Fsp3) is 0.214. The number of carbonyl (C=O) groups is 2. The SMILES string of the molecule is COc1ccc(/C=C2\SC(=O)N(CCOc3cc(C)ccc3C)C2=O)cc1OCc1ccccc1Cl. The number of halogens is 1. The third-order valence-electron chi connectivity index (χ3n) is 5.62. The standard InChI is InChI=1S/C28H26ClNO5S/c1-18-8-9-19(2)24(14-18)34-13-12-30-27(31)26(36-28(30)32)16-20-10-11-23(33-3)25(15-20)35-17-21-6-4-5-7-22(21)29/h4-11,14-16H,12-13,17H2,1-3H3/b26-16-. The van der Waals surface area contributed by atoms with Crippen LogP contribution in [0.4, 0.5) is 4.79 Å². The predicted octanol–water partition coefficient (Wildman–Crippen LogP) is 6.66. The van der Waals surface area contributed by atoms with Crippen LogP contribution in [0.1, 0.15) is 22.3 Å². The summed E-state index contributed by atoms with van der Waals surface area (Å²) < 4.78 is 17.2. The van der Waals surface area contributed by atoms with E-state index in [1.54, 1.807) is 37.5 Å². The zero-order valence-corrected chi connectivity index (χ0v) is 21.8. The molecule has 0 aromatic heterocycles. The van der Waals surface area contributed by atoms with Crippen molar-refractivity contribution in [2.75, 3.05) is 20.3 Å². The third-order valence-corrected chi connectivity index (χ3v) is 6.89. The van der Waals surface area contributed by atoms with Crippen LogP contribution < -0.4 is 14.2 Å². The van der Waals surface area contributed by atoms with Crippen molar-refractivity contribution in [2.45, 2.75) is 20.5 Å². The Morgan fingerprint density at radius 1 is 0.944 bits per heavy atom. The highest BCUT2D eigenvalue weighted by Gasteiger charge is 2.34. The average molecular weight is 524 g/mol. The summed E-state index contributed by atoms with van der Waals surface area (Å²) in [4.78, 5) is 27.0. The molecule has 1 fully saturated rings. The molecule has 1 aliphatic heterocycles. The molecule has 0 radical (unpaired) electrons. The number of methoxy groups -OCH3 is 1. The maximum absolute atomic E-state index is 12.9. The minimum absolute atomic E-state index is 0.171. The van der Waals surface area contributed by atoms with Crippen LogP contribution in [0.2, 0.25) is 5.02 Å². The molecular weight excluding hydrogens is 498 g/mol. The summed E-state index contributed by atoms with van der Waals surface area (Å²) in [6.45, 7) is 4.59. The molecule has 0 bridgehead atoms. The Balaban J connectivity index is 1.44. The van der Waals surface area contributed by atoms with E-state index in [9.17, 15) is 9.59 Å². The van der Waals surface area contributed by atoms with E-state index in [1.807, 2.05) is 50.2 Å². The van der Waals surface area contributed by atoms with Crippen molar-refractivity contribution in [3.63, 3.8) is 0 Å². The molecule has 6 nitrogen and oxygen atoms in total. The van der Waals surface area contributed by atoms with Gasteiger partial charge in [-0.05, 0) is 72.6 Å². The second-order valence-corrected chi connectivity index (χ2v) is 9.64. The molecule has 3 aromatic rings. The number of carbonyl (C=O) groups excluding carboxylic acids is 2. The monoisotopic (exact) mass is 523 g/mol. The summed E-state index contributed by atoms with van der Waals surface area (Å²) in [5, 5.41) is 0.294. The summed E-state index contributed by atoms with van der Waals surface area (Å²) in [5.41, 5.74) is 3.64. The van der Waals surface area contributed by atoms with Gasteiger partial charge in [0.1, 0.15) is 19.0 Å². The topological polar surface area (TPSA) is 65.1 Å². The minimum Gasteiger partial charge on any atom is -0.493 e. The van der Waals surface area contributed by atoms with Crippen LogP contribution in [-0.2, 0) is 11.4 Å². The minimum atomic E-state index is -0.344. The lowest BCUT2D eigenvalue weighted by Crippen LogP contribution is -2.32. The highest BCUT2D eigenvalue weighted by atomic mass is 35.5. The average Bonchev–Trinajstić information content (AvgIpc) is 3.13. The molecule has 1 heterocycles. The Morgan fingerprint density at radius 3 is 2.53 bits per heavy atom. The van der Waals surface area contributed by atoms with Gasteiger partial charge in [-0.25, -0.2) is 0 Å². The number of hydrogen-bond donors (Lipinski definition) is 0. The number of benzene rings is 3. The summed E-state index contributed by atoms with van der Waals surface area (Å²) >= 11 is 7.14. The molecule has 0 N–H and O–H groups in total. The van der Waals surface area contributed by atoms with Crippen LogP contribution >= 0.6 is 23.4 Å². The van der Waals surface area contributed by atoms with Crippen molar-refractivity contribution in [2.24, 2.45) is 0 Å². The van der Waals surface area contributed by atoms with Crippen molar-refractivity contribution in [1.82, 2.24) is 4.90 Å². The van der Waals surface area contributed by atoms with Gasteiger partial charge in [-0.2, -0.15) is 0 Å². The first-order valence-electron chi connectivity index (χ1n) is 11.4.